The Morgan fingerprint density at radius 3 is 2.88 bits per heavy atom. The molecule has 88 valence electrons. The highest BCUT2D eigenvalue weighted by Crippen LogP contribution is 2.42. The fourth-order valence-corrected chi connectivity index (χ4v) is 3.02. The first-order chi connectivity index (χ1) is 8.28. The third kappa shape index (κ3) is 2.17. The number of methoxy groups -OCH3 is 1. The van der Waals surface area contributed by atoms with E-state index in [2.05, 4.69) is 10.4 Å². The van der Waals surface area contributed by atoms with E-state index in [4.69, 9.17) is 16.3 Å². The molecule has 3 rings (SSSR count). The van der Waals surface area contributed by atoms with Crippen LogP contribution < -0.4 is 4.74 Å². The zero-order valence-electron chi connectivity index (χ0n) is 9.44. The molecule has 0 unspecified atom stereocenters. The van der Waals surface area contributed by atoms with Crippen molar-refractivity contribution in [1.82, 2.24) is 4.98 Å². The summed E-state index contributed by atoms with van der Waals surface area (Å²) in [5.41, 5.74) is 2.07. The first kappa shape index (κ1) is 11.1. The van der Waals surface area contributed by atoms with Gasteiger partial charge in [0.15, 0.2) is 0 Å². The van der Waals surface area contributed by atoms with Crippen LogP contribution in [0.5, 0.6) is 5.75 Å². The highest BCUT2D eigenvalue weighted by molar-refractivity contribution is 7.10. The maximum absolute atomic E-state index is 6.11. The molecule has 0 spiro atoms. The van der Waals surface area contributed by atoms with E-state index in [-0.39, 0.29) is 0 Å². The second-order valence-corrected chi connectivity index (χ2v) is 5.49. The third-order valence-corrected chi connectivity index (χ3v) is 4.20. The molecule has 1 saturated carbocycles. The second-order valence-electron chi connectivity index (χ2n) is 4.19. The standard InChI is InChI=1S/C13H12ClNOS/c1-16-12-5-4-9(6-10(12)14)11-7-17-13(15-11)8-2-3-8/h4-8H,2-3H2,1H3. The Hall–Kier alpha value is -1.06. The fourth-order valence-electron chi connectivity index (χ4n) is 1.76. The number of hydrogen-bond donors (Lipinski definition) is 0. The summed E-state index contributed by atoms with van der Waals surface area (Å²) in [6.45, 7) is 0. The van der Waals surface area contributed by atoms with Crippen LogP contribution >= 0.6 is 22.9 Å². The van der Waals surface area contributed by atoms with Crippen LogP contribution in [0, 0.1) is 0 Å². The van der Waals surface area contributed by atoms with Gasteiger partial charge in [-0.15, -0.1) is 11.3 Å². The molecule has 1 aliphatic rings. The van der Waals surface area contributed by atoms with Crippen molar-refractivity contribution in [1.29, 1.82) is 0 Å². The summed E-state index contributed by atoms with van der Waals surface area (Å²) in [5.74, 6) is 1.41. The van der Waals surface area contributed by atoms with Crippen LogP contribution in [-0.2, 0) is 0 Å². The molecule has 0 atom stereocenters. The van der Waals surface area contributed by atoms with Gasteiger partial charge in [-0.3, -0.25) is 0 Å². The molecule has 0 bridgehead atoms. The molecular weight excluding hydrogens is 254 g/mol. The average molecular weight is 266 g/mol. The molecule has 1 aromatic heterocycles. The van der Waals surface area contributed by atoms with Crippen molar-refractivity contribution in [3.63, 3.8) is 0 Å². The quantitative estimate of drug-likeness (QED) is 0.823. The molecule has 0 radical (unpaired) electrons. The fraction of sp³-hybridized carbons (Fsp3) is 0.308. The zero-order valence-corrected chi connectivity index (χ0v) is 11.0. The number of thiazole rings is 1. The van der Waals surface area contributed by atoms with Crippen molar-refractivity contribution in [3.05, 3.63) is 33.6 Å². The minimum absolute atomic E-state index is 0.631. The minimum Gasteiger partial charge on any atom is -0.495 e. The van der Waals surface area contributed by atoms with Gasteiger partial charge in [-0.05, 0) is 31.0 Å². The van der Waals surface area contributed by atoms with Crippen molar-refractivity contribution < 1.29 is 4.74 Å². The Bertz CT molecular complexity index is 548. The van der Waals surface area contributed by atoms with E-state index < -0.39 is 0 Å². The monoisotopic (exact) mass is 265 g/mol. The predicted octanol–water partition coefficient (Wildman–Crippen LogP) is 4.35. The van der Waals surface area contributed by atoms with Crippen LogP contribution in [0.4, 0.5) is 0 Å². The summed E-state index contributed by atoms with van der Waals surface area (Å²) in [5, 5.41) is 3.99. The molecule has 1 aromatic carbocycles. The van der Waals surface area contributed by atoms with Crippen molar-refractivity contribution in [2.45, 2.75) is 18.8 Å². The van der Waals surface area contributed by atoms with E-state index in [0.717, 1.165) is 11.3 Å². The molecule has 0 saturated heterocycles. The molecule has 0 aliphatic heterocycles. The molecule has 0 N–H and O–H groups in total. The number of nitrogens with zero attached hydrogens (tertiary/aromatic N) is 1. The number of halogens is 1. The smallest absolute Gasteiger partial charge is 0.137 e. The van der Waals surface area contributed by atoms with Crippen LogP contribution in [0.3, 0.4) is 0 Å². The van der Waals surface area contributed by atoms with E-state index in [1.54, 1.807) is 18.4 Å². The lowest BCUT2D eigenvalue weighted by Crippen LogP contribution is -1.85. The molecular formula is C13H12ClNOS. The Morgan fingerprint density at radius 2 is 2.24 bits per heavy atom. The van der Waals surface area contributed by atoms with Gasteiger partial charge in [0, 0.05) is 16.9 Å². The highest BCUT2D eigenvalue weighted by atomic mass is 35.5. The molecule has 2 aromatic rings. The van der Waals surface area contributed by atoms with Gasteiger partial charge in [0.25, 0.3) is 0 Å². The lowest BCUT2D eigenvalue weighted by atomic mass is 10.2. The summed E-state index contributed by atoms with van der Waals surface area (Å²) < 4.78 is 5.14. The van der Waals surface area contributed by atoms with E-state index in [9.17, 15) is 0 Å². The van der Waals surface area contributed by atoms with E-state index >= 15 is 0 Å². The predicted molar refractivity (Wildman–Crippen MR) is 71.1 cm³/mol. The average Bonchev–Trinajstić information content (AvgIpc) is 3.07. The van der Waals surface area contributed by atoms with Gasteiger partial charge in [0.05, 0.1) is 22.8 Å². The number of benzene rings is 1. The molecule has 1 fully saturated rings. The van der Waals surface area contributed by atoms with Crippen molar-refractivity contribution in [3.8, 4) is 17.0 Å². The molecule has 4 heteroatoms. The molecule has 0 amide bonds. The lowest BCUT2D eigenvalue weighted by molar-refractivity contribution is 0.415. The first-order valence-corrected chi connectivity index (χ1v) is 6.83. The van der Waals surface area contributed by atoms with E-state index in [0.29, 0.717) is 16.7 Å². The summed E-state index contributed by atoms with van der Waals surface area (Å²) in [7, 11) is 1.62. The summed E-state index contributed by atoms with van der Waals surface area (Å²) in [4.78, 5) is 4.66. The zero-order chi connectivity index (χ0) is 11.8. The summed E-state index contributed by atoms with van der Waals surface area (Å²) in [6, 6.07) is 5.79. The third-order valence-electron chi connectivity index (χ3n) is 2.90. The summed E-state index contributed by atoms with van der Waals surface area (Å²) in [6.07, 6.45) is 2.58. The van der Waals surface area contributed by atoms with E-state index in [1.807, 2.05) is 18.2 Å². The van der Waals surface area contributed by atoms with Gasteiger partial charge >= 0.3 is 0 Å². The number of hydrogen-bond acceptors (Lipinski definition) is 3. The van der Waals surface area contributed by atoms with Gasteiger partial charge in [-0.1, -0.05) is 11.6 Å². The number of aromatic nitrogens is 1. The van der Waals surface area contributed by atoms with Gasteiger partial charge in [0.2, 0.25) is 0 Å². The largest absolute Gasteiger partial charge is 0.495 e. The Kier molecular flexibility index (Phi) is 2.81. The SMILES string of the molecule is COc1ccc(-c2csc(C3CC3)n2)cc1Cl. The Balaban J connectivity index is 1.93. The normalized spacial score (nSPS) is 14.9. The van der Waals surface area contributed by atoms with Gasteiger partial charge in [0.1, 0.15) is 5.75 Å². The second kappa shape index (κ2) is 4.31. The molecule has 17 heavy (non-hydrogen) atoms. The van der Waals surface area contributed by atoms with E-state index in [1.165, 1.54) is 17.8 Å². The van der Waals surface area contributed by atoms with Crippen molar-refractivity contribution >= 4 is 22.9 Å². The Labute approximate surface area is 109 Å². The molecule has 2 nitrogen and oxygen atoms in total. The van der Waals surface area contributed by atoms with Gasteiger partial charge in [-0.2, -0.15) is 0 Å². The van der Waals surface area contributed by atoms with Crippen molar-refractivity contribution in [2.24, 2.45) is 0 Å². The number of ether oxygens (including phenoxy) is 1. The van der Waals surface area contributed by atoms with Crippen LogP contribution in [0.15, 0.2) is 23.6 Å². The molecule has 1 aliphatic carbocycles. The highest BCUT2D eigenvalue weighted by Gasteiger charge is 2.26. The lowest BCUT2D eigenvalue weighted by Gasteiger charge is -2.04. The first-order valence-electron chi connectivity index (χ1n) is 5.57. The topological polar surface area (TPSA) is 22.1 Å². The minimum atomic E-state index is 0.631. The van der Waals surface area contributed by atoms with Crippen LogP contribution in [0.1, 0.15) is 23.8 Å². The van der Waals surface area contributed by atoms with Crippen LogP contribution in [0.25, 0.3) is 11.3 Å². The number of rotatable bonds is 3. The maximum Gasteiger partial charge on any atom is 0.137 e. The summed E-state index contributed by atoms with van der Waals surface area (Å²) >= 11 is 7.86. The maximum atomic E-state index is 6.11. The van der Waals surface area contributed by atoms with Crippen LogP contribution in [-0.4, -0.2) is 12.1 Å². The van der Waals surface area contributed by atoms with Crippen LogP contribution in [0.2, 0.25) is 5.02 Å². The van der Waals surface area contributed by atoms with Gasteiger partial charge in [-0.25, -0.2) is 4.98 Å². The van der Waals surface area contributed by atoms with Gasteiger partial charge < -0.3 is 4.74 Å². The Morgan fingerprint density at radius 1 is 1.41 bits per heavy atom. The molecule has 1 heterocycles. The van der Waals surface area contributed by atoms with Crippen molar-refractivity contribution in [2.75, 3.05) is 7.11 Å².